The zero-order valence-corrected chi connectivity index (χ0v) is 16.0. The topological polar surface area (TPSA) is 113 Å². The van der Waals surface area contributed by atoms with Crippen LogP contribution in [0, 0.1) is 0 Å². The van der Waals surface area contributed by atoms with E-state index >= 15 is 0 Å². The van der Waals surface area contributed by atoms with E-state index in [0.717, 1.165) is 28.5 Å². The molecule has 2 atom stereocenters. The average molecular weight is 503 g/mol. The minimum absolute atomic E-state index is 0.0255. The summed E-state index contributed by atoms with van der Waals surface area (Å²) in [6.07, 6.45) is -3.47. The van der Waals surface area contributed by atoms with E-state index in [-0.39, 0.29) is 12.1 Å². The van der Waals surface area contributed by atoms with Crippen LogP contribution in [-0.2, 0) is 4.79 Å². The third kappa shape index (κ3) is 2.76. The van der Waals surface area contributed by atoms with E-state index < -0.39 is 17.8 Å². The van der Waals surface area contributed by atoms with Gasteiger partial charge in [0.05, 0.1) is 4.47 Å². The van der Waals surface area contributed by atoms with Crippen molar-refractivity contribution in [2.75, 3.05) is 6.54 Å². The van der Waals surface area contributed by atoms with Crippen LogP contribution in [-0.4, -0.2) is 50.8 Å². The molecule has 4 rings (SSSR count). The number of nitrogens with zero attached hydrogens (tertiary/aromatic N) is 3. The van der Waals surface area contributed by atoms with Crippen LogP contribution in [0.4, 0.5) is 13.2 Å². The number of fused-ring (bicyclic) bond motifs is 2. The van der Waals surface area contributed by atoms with E-state index in [4.69, 9.17) is 15.6 Å². The van der Waals surface area contributed by atoms with Gasteiger partial charge in [0.15, 0.2) is 17.8 Å². The summed E-state index contributed by atoms with van der Waals surface area (Å²) in [5.74, 6) is -2.33. The number of rotatable bonds is 0. The van der Waals surface area contributed by atoms with Crippen molar-refractivity contribution >= 4 is 49.7 Å². The lowest BCUT2D eigenvalue weighted by atomic mass is 10.0. The number of halogens is 5. The Bertz CT molecular complexity index is 825. The molecular weight excluding hydrogens is 491 g/mol. The largest absolute Gasteiger partial charge is 0.490 e. The zero-order chi connectivity index (χ0) is 19.4. The Morgan fingerprint density at radius 2 is 2.08 bits per heavy atom. The number of alkyl halides is 3. The lowest BCUT2D eigenvalue weighted by molar-refractivity contribution is -0.192. The van der Waals surface area contributed by atoms with Gasteiger partial charge in [0.25, 0.3) is 5.91 Å². The molecule has 3 aliphatic heterocycles. The van der Waals surface area contributed by atoms with Crippen molar-refractivity contribution in [3.63, 3.8) is 0 Å². The highest BCUT2D eigenvalue weighted by atomic mass is 79.9. The summed E-state index contributed by atoms with van der Waals surface area (Å²) in [5.41, 5.74) is 6.01. The SMILES string of the molecule is NC1=N[C@H]2n3c(cc(Br)c3Br)C(=O)N3CCC[C@]23N1.O=C(O)C(F)(F)F. The summed E-state index contributed by atoms with van der Waals surface area (Å²) >= 11 is 6.98. The highest BCUT2D eigenvalue weighted by Gasteiger charge is 2.58. The van der Waals surface area contributed by atoms with Crippen LogP contribution < -0.4 is 11.1 Å². The first-order valence-corrected chi connectivity index (χ1v) is 8.87. The van der Waals surface area contributed by atoms with Crippen molar-refractivity contribution in [3.05, 3.63) is 20.8 Å². The molecular formula is C13H12Br2F3N5O3. The van der Waals surface area contributed by atoms with E-state index in [0.29, 0.717) is 11.7 Å². The molecule has 1 aromatic heterocycles. The zero-order valence-electron chi connectivity index (χ0n) is 12.8. The second-order valence-corrected chi connectivity index (χ2v) is 7.44. The monoisotopic (exact) mass is 501 g/mol. The molecule has 0 aliphatic carbocycles. The summed E-state index contributed by atoms with van der Waals surface area (Å²) in [7, 11) is 0. The molecule has 1 amide bonds. The summed E-state index contributed by atoms with van der Waals surface area (Å²) < 4.78 is 35.3. The molecule has 0 unspecified atom stereocenters. The summed E-state index contributed by atoms with van der Waals surface area (Å²) in [4.78, 5) is 27.9. The van der Waals surface area contributed by atoms with Gasteiger partial charge in [0.1, 0.15) is 10.3 Å². The van der Waals surface area contributed by atoms with Gasteiger partial charge in [-0.3, -0.25) is 4.79 Å². The van der Waals surface area contributed by atoms with Gasteiger partial charge in [-0.2, -0.15) is 13.2 Å². The fourth-order valence-electron chi connectivity index (χ4n) is 3.36. The number of aliphatic carboxylic acids is 1. The van der Waals surface area contributed by atoms with Crippen LogP contribution in [0.2, 0.25) is 0 Å². The predicted octanol–water partition coefficient (Wildman–Crippen LogP) is 2.01. The Balaban J connectivity index is 0.000000242. The van der Waals surface area contributed by atoms with Crippen LogP contribution in [0.1, 0.15) is 29.5 Å². The molecule has 3 aliphatic rings. The van der Waals surface area contributed by atoms with E-state index in [1.54, 1.807) is 0 Å². The molecule has 0 radical (unpaired) electrons. The fourth-order valence-corrected chi connectivity index (χ4v) is 4.27. The number of nitrogens with one attached hydrogen (secondary N) is 1. The van der Waals surface area contributed by atoms with Crippen molar-refractivity contribution in [3.8, 4) is 0 Å². The Hall–Kier alpha value is -1.76. The molecule has 1 spiro atoms. The molecule has 0 aromatic carbocycles. The van der Waals surface area contributed by atoms with Gasteiger partial charge in [-0.15, -0.1) is 0 Å². The highest BCUT2D eigenvalue weighted by Crippen LogP contribution is 2.47. The number of hydrogen-bond donors (Lipinski definition) is 3. The number of guanidine groups is 1. The number of nitrogens with two attached hydrogens (primary N) is 1. The molecule has 1 saturated heterocycles. The van der Waals surface area contributed by atoms with Crippen LogP contribution in [0.15, 0.2) is 20.1 Å². The Morgan fingerprint density at radius 1 is 1.46 bits per heavy atom. The molecule has 13 heteroatoms. The lowest BCUT2D eigenvalue weighted by Crippen LogP contribution is -2.63. The van der Waals surface area contributed by atoms with Crippen molar-refractivity contribution in [2.45, 2.75) is 30.8 Å². The van der Waals surface area contributed by atoms with Crippen molar-refractivity contribution < 1.29 is 27.9 Å². The minimum Gasteiger partial charge on any atom is -0.475 e. The second-order valence-electron chi connectivity index (χ2n) is 5.84. The van der Waals surface area contributed by atoms with Gasteiger partial charge in [-0.1, -0.05) is 0 Å². The fraction of sp³-hybridized carbons (Fsp3) is 0.462. The van der Waals surface area contributed by atoms with Crippen LogP contribution >= 0.6 is 31.9 Å². The molecule has 0 bridgehead atoms. The molecule has 26 heavy (non-hydrogen) atoms. The number of carboxylic acid groups (broad SMARTS) is 1. The maximum atomic E-state index is 12.6. The smallest absolute Gasteiger partial charge is 0.475 e. The summed E-state index contributed by atoms with van der Waals surface area (Å²) in [6.45, 7) is 0.742. The van der Waals surface area contributed by atoms with Crippen molar-refractivity contribution in [1.29, 1.82) is 0 Å². The number of carbonyl (C=O) groups is 2. The normalized spacial score (nSPS) is 26.2. The highest BCUT2D eigenvalue weighted by molar-refractivity contribution is 9.13. The molecule has 142 valence electrons. The Morgan fingerprint density at radius 3 is 2.65 bits per heavy atom. The van der Waals surface area contributed by atoms with E-state index in [2.05, 4.69) is 42.2 Å². The molecule has 4 N–H and O–H groups in total. The third-order valence-corrected chi connectivity index (χ3v) is 6.28. The van der Waals surface area contributed by atoms with Gasteiger partial charge in [-0.25, -0.2) is 9.79 Å². The first kappa shape index (κ1) is 19.0. The maximum Gasteiger partial charge on any atom is 0.490 e. The molecule has 1 aromatic rings. The van der Waals surface area contributed by atoms with Gasteiger partial charge in [-0.05, 0) is 50.8 Å². The molecule has 1 fully saturated rings. The van der Waals surface area contributed by atoms with Crippen LogP contribution in [0.5, 0.6) is 0 Å². The number of carbonyl (C=O) groups excluding carboxylic acids is 1. The van der Waals surface area contributed by atoms with E-state index in [1.807, 2.05) is 15.5 Å². The number of aliphatic imine (C=N–C) groups is 1. The minimum atomic E-state index is -5.08. The molecule has 4 heterocycles. The van der Waals surface area contributed by atoms with Gasteiger partial charge in [0, 0.05) is 6.54 Å². The molecule has 0 saturated carbocycles. The standard InChI is InChI=1S/C11H11Br2N5O.C2HF3O2/c12-5-4-6-8(19)17-3-1-2-11(17)9(15-10(14)16-11)18(6)7(5)13;3-2(4,5)1(6)7/h4,9H,1-3H2,(H3,14,15,16);(H,6,7)/t9-,11+;/m0./s1. The third-order valence-electron chi connectivity index (χ3n) is 4.34. The second kappa shape index (κ2) is 6.15. The van der Waals surface area contributed by atoms with Gasteiger partial charge < -0.3 is 25.6 Å². The van der Waals surface area contributed by atoms with Crippen molar-refractivity contribution in [1.82, 2.24) is 14.8 Å². The number of aromatic nitrogens is 1. The Labute approximate surface area is 161 Å². The lowest BCUT2D eigenvalue weighted by Gasteiger charge is -2.43. The quantitative estimate of drug-likeness (QED) is 0.502. The average Bonchev–Trinajstić information content (AvgIpc) is 3.17. The first-order valence-electron chi connectivity index (χ1n) is 7.29. The van der Waals surface area contributed by atoms with Crippen LogP contribution in [0.25, 0.3) is 0 Å². The van der Waals surface area contributed by atoms with Gasteiger partial charge in [0.2, 0.25) is 0 Å². The van der Waals surface area contributed by atoms with E-state index in [9.17, 15) is 18.0 Å². The van der Waals surface area contributed by atoms with Crippen LogP contribution in [0.3, 0.4) is 0 Å². The number of carboxylic acids is 1. The number of amides is 1. The predicted molar refractivity (Wildman–Crippen MR) is 90.3 cm³/mol. The maximum absolute atomic E-state index is 12.6. The number of hydrogen-bond acceptors (Lipinski definition) is 5. The van der Waals surface area contributed by atoms with Crippen molar-refractivity contribution in [2.24, 2.45) is 10.7 Å². The Kier molecular flexibility index (Phi) is 4.50. The van der Waals surface area contributed by atoms with Gasteiger partial charge >= 0.3 is 12.1 Å². The summed E-state index contributed by atoms with van der Waals surface area (Å²) in [6, 6.07) is 1.83. The molecule has 8 nitrogen and oxygen atoms in total. The van der Waals surface area contributed by atoms with E-state index in [1.165, 1.54) is 0 Å². The first-order chi connectivity index (χ1) is 12.0. The summed E-state index contributed by atoms with van der Waals surface area (Å²) in [5, 5.41) is 10.3.